The number of halogens is 1. The van der Waals surface area contributed by atoms with Crippen molar-refractivity contribution in [2.75, 3.05) is 14.2 Å². The van der Waals surface area contributed by atoms with Gasteiger partial charge in [0.2, 0.25) is 5.75 Å². The molecule has 0 fully saturated rings. The molecule has 3 aromatic rings. The van der Waals surface area contributed by atoms with Gasteiger partial charge in [-0.15, -0.1) is 0 Å². The van der Waals surface area contributed by atoms with Crippen LogP contribution in [0.25, 0.3) is 21.7 Å². The zero-order chi connectivity index (χ0) is 15.1. The van der Waals surface area contributed by atoms with Crippen LogP contribution in [0.2, 0.25) is 0 Å². The Morgan fingerprint density at radius 3 is 2.57 bits per heavy atom. The first-order valence-corrected chi connectivity index (χ1v) is 6.07. The van der Waals surface area contributed by atoms with Gasteiger partial charge >= 0.3 is 5.63 Å². The van der Waals surface area contributed by atoms with E-state index in [1.165, 1.54) is 20.3 Å². The number of hydrogen-bond donors (Lipinski definition) is 1. The van der Waals surface area contributed by atoms with Gasteiger partial charge in [-0.3, -0.25) is 0 Å². The molecule has 1 N–H and O–H groups in total. The Hall–Kier alpha value is -2.76. The Labute approximate surface area is 118 Å². The van der Waals surface area contributed by atoms with Gasteiger partial charge < -0.3 is 19.0 Å². The van der Waals surface area contributed by atoms with Crippen molar-refractivity contribution in [3.8, 4) is 17.2 Å². The van der Waals surface area contributed by atoms with Crippen molar-refractivity contribution in [1.29, 1.82) is 0 Å². The van der Waals surface area contributed by atoms with Crippen molar-refractivity contribution < 1.29 is 23.4 Å². The molecule has 0 unspecified atom stereocenters. The number of ether oxygens (including phenoxy) is 2. The number of rotatable bonds is 2. The van der Waals surface area contributed by atoms with Gasteiger partial charge in [0.15, 0.2) is 11.3 Å². The van der Waals surface area contributed by atoms with E-state index in [9.17, 15) is 14.3 Å². The van der Waals surface area contributed by atoms with Gasteiger partial charge in [-0.05, 0) is 18.2 Å². The zero-order valence-corrected chi connectivity index (χ0v) is 11.3. The van der Waals surface area contributed by atoms with Crippen molar-refractivity contribution in [1.82, 2.24) is 0 Å². The number of aromatic hydroxyl groups is 1. The minimum Gasteiger partial charge on any atom is -0.504 e. The third kappa shape index (κ3) is 1.87. The van der Waals surface area contributed by atoms with Gasteiger partial charge in [-0.25, -0.2) is 9.18 Å². The van der Waals surface area contributed by atoms with Crippen LogP contribution in [0.5, 0.6) is 17.2 Å². The first kappa shape index (κ1) is 13.2. The Morgan fingerprint density at radius 1 is 1.14 bits per heavy atom. The van der Waals surface area contributed by atoms with E-state index in [2.05, 4.69) is 0 Å². The number of phenols is 1. The summed E-state index contributed by atoms with van der Waals surface area (Å²) in [7, 11) is 2.76. The fourth-order valence-electron chi connectivity index (χ4n) is 2.33. The van der Waals surface area contributed by atoms with Gasteiger partial charge in [-0.2, -0.15) is 0 Å². The largest absolute Gasteiger partial charge is 0.504 e. The molecule has 3 rings (SSSR count). The van der Waals surface area contributed by atoms with E-state index in [1.54, 1.807) is 12.1 Å². The number of methoxy groups -OCH3 is 2. The molecule has 0 atom stereocenters. The summed E-state index contributed by atoms with van der Waals surface area (Å²) in [4.78, 5) is 12.1. The summed E-state index contributed by atoms with van der Waals surface area (Å²) in [6.07, 6.45) is 0. The highest BCUT2D eigenvalue weighted by atomic mass is 19.1. The van der Waals surface area contributed by atoms with E-state index in [0.717, 1.165) is 6.07 Å². The second-order valence-electron chi connectivity index (χ2n) is 4.42. The molecule has 0 saturated carbocycles. The summed E-state index contributed by atoms with van der Waals surface area (Å²) in [5, 5.41) is 10.3. The van der Waals surface area contributed by atoms with Crippen LogP contribution >= 0.6 is 0 Å². The van der Waals surface area contributed by atoms with E-state index < -0.39 is 17.2 Å². The van der Waals surface area contributed by atoms with Crippen LogP contribution in [-0.2, 0) is 0 Å². The van der Waals surface area contributed by atoms with Gasteiger partial charge in [0.05, 0.1) is 25.0 Å². The minimum absolute atomic E-state index is 0.0712. The average molecular weight is 290 g/mol. The summed E-state index contributed by atoms with van der Waals surface area (Å²) >= 11 is 0. The number of fused-ring (bicyclic) bond motifs is 3. The Morgan fingerprint density at radius 2 is 1.90 bits per heavy atom. The Bertz CT molecular complexity index is 913. The fourth-order valence-corrected chi connectivity index (χ4v) is 2.33. The van der Waals surface area contributed by atoms with Crippen LogP contribution in [-0.4, -0.2) is 19.3 Å². The summed E-state index contributed by atoms with van der Waals surface area (Å²) in [6, 6.07) is 5.57. The second-order valence-corrected chi connectivity index (χ2v) is 4.42. The molecule has 108 valence electrons. The summed E-state index contributed by atoms with van der Waals surface area (Å²) in [5.74, 6) is -0.762. The number of phenolic OH excluding ortho intramolecular Hbond substituents is 1. The number of benzene rings is 2. The lowest BCUT2D eigenvalue weighted by Gasteiger charge is -2.10. The molecular weight excluding hydrogens is 279 g/mol. The van der Waals surface area contributed by atoms with Crippen LogP contribution in [0.15, 0.2) is 33.5 Å². The summed E-state index contributed by atoms with van der Waals surface area (Å²) in [5.41, 5.74) is -0.794. The zero-order valence-electron chi connectivity index (χ0n) is 11.3. The highest BCUT2D eigenvalue weighted by molar-refractivity contribution is 6.07. The third-order valence-electron chi connectivity index (χ3n) is 3.28. The van der Waals surface area contributed by atoms with Crippen molar-refractivity contribution in [2.45, 2.75) is 0 Å². The SMILES string of the molecule is COc1ccc2c(c1)c(=O)oc1c(OC)c(O)cc(F)c12. The lowest BCUT2D eigenvalue weighted by Crippen LogP contribution is -2.02. The quantitative estimate of drug-likeness (QED) is 0.580. The van der Waals surface area contributed by atoms with Crippen molar-refractivity contribution in [3.63, 3.8) is 0 Å². The van der Waals surface area contributed by atoms with Crippen molar-refractivity contribution in [2.24, 2.45) is 0 Å². The molecule has 0 aliphatic carbocycles. The minimum atomic E-state index is -0.706. The van der Waals surface area contributed by atoms with Crippen LogP contribution in [0.1, 0.15) is 0 Å². The molecule has 6 heteroatoms. The Kier molecular flexibility index (Phi) is 2.94. The maximum atomic E-state index is 14.2. The maximum absolute atomic E-state index is 14.2. The maximum Gasteiger partial charge on any atom is 0.344 e. The predicted molar refractivity (Wildman–Crippen MR) is 74.7 cm³/mol. The molecule has 0 amide bonds. The van der Waals surface area contributed by atoms with E-state index in [0.29, 0.717) is 11.1 Å². The van der Waals surface area contributed by atoms with Gasteiger partial charge in [-0.1, -0.05) is 0 Å². The van der Waals surface area contributed by atoms with Crippen LogP contribution in [0, 0.1) is 5.82 Å². The number of hydrogen-bond acceptors (Lipinski definition) is 5. The molecule has 2 aromatic carbocycles. The van der Waals surface area contributed by atoms with Crippen LogP contribution in [0.4, 0.5) is 4.39 Å². The third-order valence-corrected chi connectivity index (χ3v) is 3.28. The molecule has 1 aromatic heterocycles. The summed E-state index contributed by atoms with van der Waals surface area (Å²) < 4.78 is 29.4. The average Bonchev–Trinajstić information content (AvgIpc) is 2.47. The van der Waals surface area contributed by atoms with Crippen molar-refractivity contribution >= 4 is 21.7 Å². The molecule has 0 aliphatic rings. The van der Waals surface area contributed by atoms with E-state index in [-0.39, 0.29) is 22.1 Å². The Balaban J connectivity index is 2.58. The molecule has 0 radical (unpaired) electrons. The normalized spacial score (nSPS) is 11.0. The molecule has 0 bridgehead atoms. The molecule has 0 aliphatic heterocycles. The van der Waals surface area contributed by atoms with E-state index >= 15 is 0 Å². The van der Waals surface area contributed by atoms with E-state index in [1.807, 2.05) is 0 Å². The molecule has 21 heavy (non-hydrogen) atoms. The van der Waals surface area contributed by atoms with E-state index in [4.69, 9.17) is 13.9 Å². The first-order valence-electron chi connectivity index (χ1n) is 6.07. The predicted octanol–water partition coefficient (Wildman–Crippen LogP) is 2.81. The van der Waals surface area contributed by atoms with Crippen LogP contribution < -0.4 is 15.1 Å². The fraction of sp³-hybridized carbons (Fsp3) is 0.133. The molecule has 5 nitrogen and oxygen atoms in total. The lowest BCUT2D eigenvalue weighted by molar-refractivity contribution is 0.367. The molecular formula is C15H11FO5. The monoisotopic (exact) mass is 290 g/mol. The molecule has 0 spiro atoms. The van der Waals surface area contributed by atoms with Gasteiger partial charge in [0.25, 0.3) is 0 Å². The van der Waals surface area contributed by atoms with Gasteiger partial charge in [0, 0.05) is 11.5 Å². The highest BCUT2D eigenvalue weighted by Gasteiger charge is 2.19. The second kappa shape index (κ2) is 4.66. The first-order chi connectivity index (χ1) is 10.1. The molecule has 0 saturated heterocycles. The van der Waals surface area contributed by atoms with Crippen molar-refractivity contribution in [3.05, 3.63) is 40.5 Å². The summed E-state index contributed by atoms with van der Waals surface area (Å²) in [6.45, 7) is 0. The van der Waals surface area contributed by atoms with Crippen LogP contribution in [0.3, 0.4) is 0 Å². The molecule has 1 heterocycles. The lowest BCUT2D eigenvalue weighted by atomic mass is 10.1. The highest BCUT2D eigenvalue weighted by Crippen LogP contribution is 2.39. The standard InChI is InChI=1S/C15H11FO5/c1-19-7-3-4-8-9(5-7)15(18)21-14-12(8)10(16)6-11(17)13(14)20-2/h3-6,17H,1-2H3. The topological polar surface area (TPSA) is 68.9 Å². The van der Waals surface area contributed by atoms with Gasteiger partial charge in [0.1, 0.15) is 11.6 Å². The smallest absolute Gasteiger partial charge is 0.344 e.